The molecule has 2 aliphatic rings. The number of aliphatic imine (C=N–C) groups is 1. The Morgan fingerprint density at radius 3 is 2.87 bits per heavy atom. The molecule has 3 heterocycles. The lowest BCUT2D eigenvalue weighted by Gasteiger charge is -2.26. The number of halogens is 1. The standard InChI is InChI=1S/C22H20FN5O3/c23-13-5-6-17-15(11-13)19(22(30)26-17)21-20(14-3-1-2-4-16(14)25-21)27-31-12-18(29)28-9-7-24-8-10-28/h1-6,11,24,26,30H,7-10,12H2. The van der Waals surface area contributed by atoms with E-state index in [1.807, 2.05) is 24.3 Å². The normalized spacial score (nSPS) is 17.1. The van der Waals surface area contributed by atoms with E-state index >= 15 is 0 Å². The smallest absolute Gasteiger partial charge is 0.263 e. The predicted octanol–water partition coefficient (Wildman–Crippen LogP) is 2.30. The number of benzene rings is 2. The minimum atomic E-state index is -0.430. The molecule has 3 aromatic rings. The number of H-pyrrole nitrogens is 1. The average Bonchev–Trinajstić information content (AvgIpc) is 3.30. The number of para-hydroxylation sites is 1. The largest absolute Gasteiger partial charge is 0.494 e. The first kappa shape index (κ1) is 19.3. The van der Waals surface area contributed by atoms with Crippen LogP contribution in [0.4, 0.5) is 10.1 Å². The van der Waals surface area contributed by atoms with Crippen LogP contribution in [0.25, 0.3) is 10.9 Å². The molecule has 0 bridgehead atoms. The molecule has 0 spiro atoms. The van der Waals surface area contributed by atoms with Gasteiger partial charge in [-0.2, -0.15) is 0 Å². The van der Waals surface area contributed by atoms with Crippen LogP contribution < -0.4 is 5.32 Å². The van der Waals surface area contributed by atoms with Crippen molar-refractivity contribution in [2.45, 2.75) is 0 Å². The molecule has 2 aromatic carbocycles. The van der Waals surface area contributed by atoms with Gasteiger partial charge < -0.3 is 25.1 Å². The molecule has 3 N–H and O–H groups in total. The summed E-state index contributed by atoms with van der Waals surface area (Å²) in [4.78, 5) is 27.0. The van der Waals surface area contributed by atoms with Crippen LogP contribution in [0.1, 0.15) is 11.1 Å². The van der Waals surface area contributed by atoms with Crippen LogP contribution in [-0.2, 0) is 9.63 Å². The summed E-state index contributed by atoms with van der Waals surface area (Å²) in [6, 6.07) is 11.5. The molecule has 1 saturated heterocycles. The van der Waals surface area contributed by atoms with Gasteiger partial charge in [0.2, 0.25) is 0 Å². The molecule has 0 atom stereocenters. The van der Waals surface area contributed by atoms with Crippen LogP contribution >= 0.6 is 0 Å². The van der Waals surface area contributed by atoms with E-state index in [9.17, 15) is 14.3 Å². The number of aromatic nitrogens is 1. The number of oxime groups is 1. The van der Waals surface area contributed by atoms with E-state index in [0.717, 1.165) is 13.1 Å². The first-order valence-corrected chi connectivity index (χ1v) is 9.99. The van der Waals surface area contributed by atoms with Crippen molar-refractivity contribution in [3.63, 3.8) is 0 Å². The zero-order chi connectivity index (χ0) is 21.4. The minimum absolute atomic E-state index is 0.142. The lowest BCUT2D eigenvalue weighted by Crippen LogP contribution is -2.47. The second-order valence-corrected chi connectivity index (χ2v) is 7.36. The van der Waals surface area contributed by atoms with Gasteiger partial charge in [-0.1, -0.05) is 23.4 Å². The Bertz CT molecular complexity index is 1230. The van der Waals surface area contributed by atoms with Crippen molar-refractivity contribution in [3.05, 3.63) is 59.4 Å². The number of hydrogen-bond acceptors (Lipinski definition) is 6. The Kier molecular flexibility index (Phi) is 4.87. The molecule has 1 aromatic heterocycles. The quantitative estimate of drug-likeness (QED) is 0.563. The van der Waals surface area contributed by atoms with E-state index in [0.29, 0.717) is 52.2 Å². The monoisotopic (exact) mass is 421 g/mol. The van der Waals surface area contributed by atoms with E-state index < -0.39 is 5.82 Å². The van der Waals surface area contributed by atoms with Crippen LogP contribution in [0.3, 0.4) is 0 Å². The van der Waals surface area contributed by atoms with E-state index in [1.165, 1.54) is 12.1 Å². The van der Waals surface area contributed by atoms with Crippen molar-refractivity contribution >= 4 is 33.9 Å². The number of carbonyl (C=O) groups excluding carboxylic acids is 1. The number of amides is 1. The summed E-state index contributed by atoms with van der Waals surface area (Å²) in [5, 5.41) is 18.4. The molecule has 5 rings (SSSR count). The molecule has 0 saturated carbocycles. The molecular formula is C22H20FN5O3. The predicted molar refractivity (Wildman–Crippen MR) is 114 cm³/mol. The highest BCUT2D eigenvalue weighted by Crippen LogP contribution is 2.35. The highest BCUT2D eigenvalue weighted by molar-refractivity contribution is 6.58. The van der Waals surface area contributed by atoms with Crippen molar-refractivity contribution in [2.24, 2.45) is 10.1 Å². The summed E-state index contributed by atoms with van der Waals surface area (Å²) in [7, 11) is 0. The fraction of sp³-hybridized carbons (Fsp3) is 0.227. The highest BCUT2D eigenvalue weighted by atomic mass is 19.1. The van der Waals surface area contributed by atoms with Crippen LogP contribution in [0.2, 0.25) is 0 Å². The maximum Gasteiger partial charge on any atom is 0.263 e. The molecule has 1 amide bonds. The van der Waals surface area contributed by atoms with Gasteiger partial charge in [0.05, 0.1) is 11.3 Å². The molecule has 2 aliphatic heterocycles. The van der Waals surface area contributed by atoms with Crippen molar-refractivity contribution in [2.75, 3.05) is 32.8 Å². The molecule has 0 radical (unpaired) electrons. The summed E-state index contributed by atoms with van der Waals surface area (Å²) in [5.74, 6) is -0.718. The summed E-state index contributed by atoms with van der Waals surface area (Å²) in [6.45, 7) is 2.56. The summed E-state index contributed by atoms with van der Waals surface area (Å²) in [6.07, 6.45) is 0. The number of aromatic hydroxyl groups is 1. The fourth-order valence-corrected chi connectivity index (χ4v) is 3.89. The van der Waals surface area contributed by atoms with Gasteiger partial charge in [-0.25, -0.2) is 9.38 Å². The fourth-order valence-electron chi connectivity index (χ4n) is 3.89. The van der Waals surface area contributed by atoms with Gasteiger partial charge in [-0.15, -0.1) is 0 Å². The Balaban J connectivity index is 1.49. The molecular weight excluding hydrogens is 401 g/mol. The maximum absolute atomic E-state index is 13.9. The first-order valence-electron chi connectivity index (χ1n) is 9.99. The Labute approximate surface area is 177 Å². The molecule has 9 heteroatoms. The number of piperazine rings is 1. The third-order valence-electron chi connectivity index (χ3n) is 5.41. The second-order valence-electron chi connectivity index (χ2n) is 7.36. The van der Waals surface area contributed by atoms with Crippen LogP contribution in [0, 0.1) is 5.82 Å². The third kappa shape index (κ3) is 3.53. The molecule has 158 valence electrons. The zero-order valence-corrected chi connectivity index (χ0v) is 16.6. The number of carbonyl (C=O) groups is 1. The summed E-state index contributed by atoms with van der Waals surface area (Å²) >= 11 is 0. The molecule has 8 nitrogen and oxygen atoms in total. The second kappa shape index (κ2) is 7.84. The van der Waals surface area contributed by atoms with Gasteiger partial charge in [-0.05, 0) is 24.3 Å². The Hall–Kier alpha value is -3.72. The number of nitrogens with zero attached hydrogens (tertiary/aromatic N) is 3. The van der Waals surface area contributed by atoms with Gasteiger partial charge in [-0.3, -0.25) is 4.79 Å². The van der Waals surface area contributed by atoms with E-state index in [1.54, 1.807) is 11.0 Å². The van der Waals surface area contributed by atoms with Gasteiger partial charge >= 0.3 is 0 Å². The van der Waals surface area contributed by atoms with Gasteiger partial charge in [0.25, 0.3) is 5.91 Å². The van der Waals surface area contributed by atoms with Crippen LogP contribution in [-0.4, -0.2) is 65.1 Å². The van der Waals surface area contributed by atoms with Crippen LogP contribution in [0.15, 0.2) is 52.6 Å². The number of aromatic amines is 1. The molecule has 0 unspecified atom stereocenters. The topological polar surface area (TPSA) is 102 Å². The minimum Gasteiger partial charge on any atom is -0.494 e. The first-order chi connectivity index (χ1) is 15.1. The SMILES string of the molecule is O=C(CON=C1C(c2c(O)[nH]c3ccc(F)cc23)=Nc2ccccc21)N1CCNCC1. The number of fused-ring (bicyclic) bond motifs is 2. The van der Waals surface area contributed by atoms with Gasteiger partial charge in [0.1, 0.15) is 17.2 Å². The number of rotatable bonds is 4. The summed E-state index contributed by atoms with van der Waals surface area (Å²) < 4.78 is 13.9. The van der Waals surface area contributed by atoms with Gasteiger partial charge in [0.15, 0.2) is 12.5 Å². The van der Waals surface area contributed by atoms with E-state index in [2.05, 4.69) is 20.4 Å². The Morgan fingerprint density at radius 2 is 2.03 bits per heavy atom. The average molecular weight is 421 g/mol. The van der Waals surface area contributed by atoms with Crippen molar-refractivity contribution in [1.29, 1.82) is 0 Å². The van der Waals surface area contributed by atoms with Crippen molar-refractivity contribution in [1.82, 2.24) is 15.2 Å². The molecule has 31 heavy (non-hydrogen) atoms. The summed E-state index contributed by atoms with van der Waals surface area (Å²) in [5.41, 5.74) is 2.99. The number of nitrogens with one attached hydrogen (secondary N) is 2. The van der Waals surface area contributed by atoms with Crippen LogP contribution in [0.5, 0.6) is 5.88 Å². The molecule has 0 aliphatic carbocycles. The maximum atomic E-state index is 13.9. The highest BCUT2D eigenvalue weighted by Gasteiger charge is 2.29. The van der Waals surface area contributed by atoms with Crippen molar-refractivity contribution in [3.8, 4) is 5.88 Å². The van der Waals surface area contributed by atoms with E-state index in [4.69, 9.17) is 4.84 Å². The lowest BCUT2D eigenvalue weighted by atomic mass is 10.0. The zero-order valence-electron chi connectivity index (χ0n) is 16.6. The molecule has 1 fully saturated rings. The number of hydrogen-bond donors (Lipinski definition) is 3. The van der Waals surface area contributed by atoms with Gasteiger partial charge in [0, 0.05) is 42.6 Å². The van der Waals surface area contributed by atoms with Crippen molar-refractivity contribution < 1.29 is 19.1 Å². The van der Waals surface area contributed by atoms with E-state index in [-0.39, 0.29) is 18.4 Å². The third-order valence-corrected chi connectivity index (χ3v) is 5.41. The Morgan fingerprint density at radius 1 is 1.23 bits per heavy atom. The lowest BCUT2D eigenvalue weighted by molar-refractivity contribution is -0.136.